The zero-order valence-corrected chi connectivity index (χ0v) is 16.0. The molecule has 1 aromatic heterocycles. The van der Waals surface area contributed by atoms with Crippen molar-refractivity contribution in [1.29, 1.82) is 0 Å². The molecule has 2 aliphatic heterocycles. The van der Waals surface area contributed by atoms with Crippen LogP contribution < -0.4 is 0 Å². The zero-order chi connectivity index (χ0) is 19.0. The summed E-state index contributed by atoms with van der Waals surface area (Å²) in [5.41, 5.74) is 3.59. The second-order valence-corrected chi connectivity index (χ2v) is 7.69. The van der Waals surface area contributed by atoms with Gasteiger partial charge in [0.05, 0.1) is 36.4 Å². The summed E-state index contributed by atoms with van der Waals surface area (Å²) in [6.07, 6.45) is 0.470. The van der Waals surface area contributed by atoms with E-state index in [1.807, 2.05) is 43.0 Å². The molecule has 2 aliphatic rings. The van der Waals surface area contributed by atoms with Crippen LogP contribution in [0, 0.1) is 13.8 Å². The van der Waals surface area contributed by atoms with E-state index in [-0.39, 0.29) is 11.9 Å². The van der Waals surface area contributed by atoms with Crippen LogP contribution >= 0.6 is 0 Å². The number of hydrogen-bond donors (Lipinski definition) is 1. The van der Waals surface area contributed by atoms with Gasteiger partial charge in [0.25, 0.3) is 5.91 Å². The Hall–Kier alpha value is -2.02. The van der Waals surface area contributed by atoms with Crippen LogP contribution in [0.4, 0.5) is 0 Å². The number of carbonyl (C=O) groups is 1. The van der Waals surface area contributed by atoms with Gasteiger partial charge in [-0.05, 0) is 38.5 Å². The molecule has 1 amide bonds. The van der Waals surface area contributed by atoms with Crippen LogP contribution in [0.2, 0.25) is 0 Å². The molecule has 1 N–H and O–H groups in total. The fraction of sp³-hybridized carbons (Fsp3) is 0.524. The Balaban J connectivity index is 1.56. The number of hydrogen-bond acceptors (Lipinski definition) is 5. The third kappa shape index (κ3) is 3.70. The quantitative estimate of drug-likeness (QED) is 0.874. The van der Waals surface area contributed by atoms with Crippen molar-refractivity contribution in [2.75, 3.05) is 39.4 Å². The van der Waals surface area contributed by atoms with Crippen molar-refractivity contribution in [3.05, 3.63) is 41.1 Å². The third-order valence-corrected chi connectivity index (χ3v) is 5.63. The van der Waals surface area contributed by atoms with Gasteiger partial charge in [0, 0.05) is 37.3 Å². The summed E-state index contributed by atoms with van der Waals surface area (Å²) < 4.78 is 5.40. The standard InChI is InChI=1S/C21H27N3O3/c1-14-4-5-18-16(10-14)17(11-15(2)22-18)21(26)24-7-3-6-23(8-9-24)19-12-27-13-20(19)25/h4-5,10-11,19-20,25H,3,6-9,12-13H2,1-2H3/t19-,20-/m0/s1. The predicted octanol–water partition coefficient (Wildman–Crippen LogP) is 1.76. The molecule has 2 fully saturated rings. The Morgan fingerprint density at radius 2 is 2.00 bits per heavy atom. The lowest BCUT2D eigenvalue weighted by molar-refractivity contribution is 0.0726. The average Bonchev–Trinajstić information content (AvgIpc) is 2.93. The molecule has 3 heterocycles. The number of rotatable bonds is 2. The second kappa shape index (κ2) is 7.54. The molecule has 0 radical (unpaired) electrons. The average molecular weight is 369 g/mol. The Labute approximate surface area is 159 Å². The smallest absolute Gasteiger partial charge is 0.254 e. The van der Waals surface area contributed by atoms with E-state index < -0.39 is 6.10 Å². The molecule has 0 saturated carbocycles. The van der Waals surface area contributed by atoms with Crippen molar-refractivity contribution in [3.8, 4) is 0 Å². The zero-order valence-electron chi connectivity index (χ0n) is 16.0. The molecule has 6 nitrogen and oxygen atoms in total. The number of aliphatic hydroxyl groups excluding tert-OH is 1. The lowest BCUT2D eigenvalue weighted by atomic mass is 10.0. The molecule has 0 unspecified atom stereocenters. The van der Waals surface area contributed by atoms with E-state index in [4.69, 9.17) is 4.74 Å². The summed E-state index contributed by atoms with van der Waals surface area (Å²) in [5, 5.41) is 11.0. The molecule has 2 aromatic rings. The van der Waals surface area contributed by atoms with Crippen molar-refractivity contribution in [2.45, 2.75) is 32.4 Å². The van der Waals surface area contributed by atoms with Crippen molar-refractivity contribution < 1.29 is 14.6 Å². The van der Waals surface area contributed by atoms with Crippen molar-refractivity contribution >= 4 is 16.8 Å². The first kappa shape index (κ1) is 18.3. The molecule has 0 aliphatic carbocycles. The molecule has 0 spiro atoms. The summed E-state index contributed by atoms with van der Waals surface area (Å²) in [6.45, 7) is 7.98. The van der Waals surface area contributed by atoms with E-state index in [0.29, 0.717) is 19.8 Å². The van der Waals surface area contributed by atoms with Gasteiger partial charge in [-0.1, -0.05) is 11.6 Å². The van der Waals surface area contributed by atoms with Crippen LogP contribution in [0.1, 0.15) is 28.0 Å². The number of aromatic nitrogens is 1. The molecular formula is C21H27N3O3. The van der Waals surface area contributed by atoms with E-state index in [2.05, 4.69) is 9.88 Å². The summed E-state index contributed by atoms with van der Waals surface area (Å²) in [5.74, 6) is 0.0705. The fourth-order valence-corrected chi connectivity index (χ4v) is 4.17. The van der Waals surface area contributed by atoms with Crippen molar-refractivity contribution in [3.63, 3.8) is 0 Å². The lowest BCUT2D eigenvalue weighted by Gasteiger charge is -2.28. The van der Waals surface area contributed by atoms with Gasteiger partial charge in [-0.3, -0.25) is 14.7 Å². The first-order valence-electron chi connectivity index (χ1n) is 9.70. The van der Waals surface area contributed by atoms with Gasteiger partial charge >= 0.3 is 0 Å². The lowest BCUT2D eigenvalue weighted by Crippen LogP contribution is -2.45. The Morgan fingerprint density at radius 3 is 2.78 bits per heavy atom. The van der Waals surface area contributed by atoms with E-state index in [0.717, 1.165) is 53.8 Å². The maximum atomic E-state index is 13.3. The number of nitrogens with zero attached hydrogens (tertiary/aromatic N) is 3. The highest BCUT2D eigenvalue weighted by atomic mass is 16.5. The number of benzene rings is 1. The van der Waals surface area contributed by atoms with Crippen LogP contribution in [-0.4, -0.2) is 77.3 Å². The number of fused-ring (bicyclic) bond motifs is 1. The number of aryl methyl sites for hydroxylation is 2. The van der Waals surface area contributed by atoms with E-state index in [1.54, 1.807) is 0 Å². The summed E-state index contributed by atoms with van der Waals surface area (Å²) in [4.78, 5) is 22.1. The molecule has 6 heteroatoms. The predicted molar refractivity (Wildman–Crippen MR) is 104 cm³/mol. The summed E-state index contributed by atoms with van der Waals surface area (Å²) in [7, 11) is 0. The largest absolute Gasteiger partial charge is 0.389 e. The van der Waals surface area contributed by atoms with Crippen LogP contribution in [0.5, 0.6) is 0 Å². The van der Waals surface area contributed by atoms with Crippen LogP contribution in [0.3, 0.4) is 0 Å². The fourth-order valence-electron chi connectivity index (χ4n) is 4.17. The number of pyridine rings is 1. The van der Waals surface area contributed by atoms with Gasteiger partial charge < -0.3 is 14.7 Å². The van der Waals surface area contributed by atoms with Gasteiger partial charge in [-0.2, -0.15) is 0 Å². The molecule has 2 saturated heterocycles. The first-order chi connectivity index (χ1) is 13.0. The van der Waals surface area contributed by atoms with Gasteiger partial charge in [0.2, 0.25) is 0 Å². The minimum absolute atomic E-state index is 0.0479. The van der Waals surface area contributed by atoms with Gasteiger partial charge in [-0.15, -0.1) is 0 Å². The SMILES string of the molecule is Cc1ccc2nc(C)cc(C(=O)N3CCCN([C@H]4COC[C@@H]4O)CC3)c2c1. The van der Waals surface area contributed by atoms with E-state index in [9.17, 15) is 9.90 Å². The Kier molecular flexibility index (Phi) is 5.12. The molecule has 0 bridgehead atoms. The number of amides is 1. The second-order valence-electron chi connectivity index (χ2n) is 7.69. The van der Waals surface area contributed by atoms with Gasteiger partial charge in [0.15, 0.2) is 0 Å². The molecule has 144 valence electrons. The summed E-state index contributed by atoms with van der Waals surface area (Å²) >= 11 is 0. The maximum Gasteiger partial charge on any atom is 0.254 e. The van der Waals surface area contributed by atoms with Crippen molar-refractivity contribution in [2.24, 2.45) is 0 Å². The maximum absolute atomic E-state index is 13.3. The molecule has 27 heavy (non-hydrogen) atoms. The van der Waals surface area contributed by atoms with E-state index in [1.165, 1.54) is 0 Å². The number of carbonyl (C=O) groups excluding carboxylic acids is 1. The topological polar surface area (TPSA) is 65.9 Å². The van der Waals surface area contributed by atoms with E-state index >= 15 is 0 Å². The normalized spacial score (nSPS) is 24.3. The minimum atomic E-state index is -0.429. The van der Waals surface area contributed by atoms with Gasteiger partial charge in [-0.25, -0.2) is 0 Å². The molecule has 2 atom stereocenters. The minimum Gasteiger partial charge on any atom is -0.389 e. The first-order valence-corrected chi connectivity index (χ1v) is 9.70. The highest BCUT2D eigenvalue weighted by molar-refractivity contribution is 6.06. The number of ether oxygens (including phenoxy) is 1. The monoisotopic (exact) mass is 369 g/mol. The van der Waals surface area contributed by atoms with Crippen LogP contribution in [0.25, 0.3) is 10.9 Å². The number of aliphatic hydroxyl groups is 1. The highest BCUT2D eigenvalue weighted by Crippen LogP contribution is 2.23. The highest BCUT2D eigenvalue weighted by Gasteiger charge is 2.33. The molecule has 4 rings (SSSR count). The van der Waals surface area contributed by atoms with Crippen molar-refractivity contribution in [1.82, 2.24) is 14.8 Å². The van der Waals surface area contributed by atoms with Crippen LogP contribution in [-0.2, 0) is 4.74 Å². The van der Waals surface area contributed by atoms with Gasteiger partial charge in [0.1, 0.15) is 0 Å². The Bertz CT molecular complexity index is 854. The summed E-state index contributed by atoms with van der Waals surface area (Å²) in [6, 6.07) is 8.01. The Morgan fingerprint density at radius 1 is 1.15 bits per heavy atom. The molecular weight excluding hydrogens is 342 g/mol. The third-order valence-electron chi connectivity index (χ3n) is 5.63. The molecule has 1 aromatic carbocycles. The van der Waals surface area contributed by atoms with Crippen LogP contribution in [0.15, 0.2) is 24.3 Å².